The van der Waals surface area contributed by atoms with Crippen LogP contribution in [-0.2, 0) is 4.79 Å². The van der Waals surface area contributed by atoms with E-state index in [-0.39, 0.29) is 36.4 Å². The second-order valence-corrected chi connectivity index (χ2v) is 7.08. The Morgan fingerprint density at radius 3 is 2.12 bits per heavy atom. The van der Waals surface area contributed by atoms with Crippen LogP contribution in [0, 0.1) is 11.8 Å². The maximum absolute atomic E-state index is 12.4. The predicted octanol–water partition coefficient (Wildman–Crippen LogP) is 1.25. The molecule has 3 rings (SSSR count). The fourth-order valence-electron chi connectivity index (χ4n) is 3.91. The van der Waals surface area contributed by atoms with Gasteiger partial charge < -0.3 is 19.8 Å². The summed E-state index contributed by atoms with van der Waals surface area (Å²) in [6, 6.07) is 6.88. The van der Waals surface area contributed by atoms with Crippen LogP contribution in [0.1, 0.15) is 36.0 Å². The number of carbonyl (C=O) groups is 2. The number of aliphatic hydroxyl groups excluding tert-OH is 2. The number of benzene rings is 1. The molecule has 1 aromatic carbocycles. The van der Waals surface area contributed by atoms with Crippen molar-refractivity contribution in [3.63, 3.8) is 0 Å². The lowest BCUT2D eigenvalue weighted by Gasteiger charge is -2.31. The number of Topliss-reactive ketones (excluding diaryl/α,β-unsaturated/α-hetero) is 1. The third-order valence-corrected chi connectivity index (χ3v) is 5.44. The maximum Gasteiger partial charge on any atom is 0.223 e. The number of hydrogen-bond donors (Lipinski definition) is 2. The predicted molar refractivity (Wildman–Crippen MR) is 91.4 cm³/mol. The molecule has 0 aromatic heterocycles. The molecule has 1 amide bonds. The van der Waals surface area contributed by atoms with Crippen molar-refractivity contribution in [1.82, 2.24) is 4.90 Å². The topological polar surface area (TPSA) is 87.1 Å². The second kappa shape index (κ2) is 7.54. The highest BCUT2D eigenvalue weighted by Crippen LogP contribution is 2.36. The molecule has 0 spiro atoms. The summed E-state index contributed by atoms with van der Waals surface area (Å²) in [4.78, 5) is 26.4. The molecule has 2 N–H and O–H groups in total. The van der Waals surface area contributed by atoms with Crippen LogP contribution >= 0.6 is 0 Å². The van der Waals surface area contributed by atoms with Gasteiger partial charge in [-0.3, -0.25) is 9.59 Å². The number of aliphatic hydroxyl groups is 2. The van der Waals surface area contributed by atoms with Crippen molar-refractivity contribution in [3.05, 3.63) is 29.8 Å². The van der Waals surface area contributed by atoms with Gasteiger partial charge in [0.15, 0.2) is 5.78 Å². The van der Waals surface area contributed by atoms with Crippen molar-refractivity contribution >= 4 is 11.7 Å². The smallest absolute Gasteiger partial charge is 0.223 e. The average Bonchev–Trinajstić information content (AvgIpc) is 3.02. The van der Waals surface area contributed by atoms with Crippen molar-refractivity contribution in [3.8, 4) is 5.75 Å². The van der Waals surface area contributed by atoms with Gasteiger partial charge in [0, 0.05) is 31.5 Å². The Balaban J connectivity index is 1.50. The fraction of sp³-hybridized carbons (Fsp3) is 0.579. The quantitative estimate of drug-likeness (QED) is 0.783. The maximum atomic E-state index is 12.4. The van der Waals surface area contributed by atoms with Gasteiger partial charge in [-0.05, 0) is 48.9 Å². The zero-order valence-corrected chi connectivity index (χ0v) is 14.4. The minimum Gasteiger partial charge on any atom is -0.497 e. The average molecular weight is 347 g/mol. The van der Waals surface area contributed by atoms with Crippen LogP contribution < -0.4 is 4.74 Å². The molecule has 2 aliphatic rings. The Labute approximate surface area is 147 Å². The largest absolute Gasteiger partial charge is 0.497 e. The van der Waals surface area contributed by atoms with Crippen LogP contribution in [0.2, 0.25) is 0 Å². The lowest BCUT2D eigenvalue weighted by Crippen LogP contribution is -2.38. The van der Waals surface area contributed by atoms with Crippen LogP contribution in [0.5, 0.6) is 5.75 Å². The van der Waals surface area contributed by atoms with E-state index in [9.17, 15) is 19.8 Å². The minimum absolute atomic E-state index is 0.0276. The first kappa shape index (κ1) is 17.9. The van der Waals surface area contributed by atoms with E-state index in [1.54, 1.807) is 36.3 Å². The number of ether oxygens (including phenoxy) is 1. The molecule has 0 radical (unpaired) electrons. The number of nitrogens with zero attached hydrogens (tertiary/aromatic N) is 1. The molecule has 1 heterocycles. The lowest BCUT2D eigenvalue weighted by molar-refractivity contribution is -0.130. The molecule has 6 heteroatoms. The SMILES string of the molecule is COc1ccc(C(=O)CCC(=O)N2C[C@H]3C[C@H](O)[C@@H](O)C[C@H]3C2)cc1. The van der Waals surface area contributed by atoms with Crippen LogP contribution in [0.4, 0.5) is 0 Å². The Morgan fingerprint density at radius 2 is 1.60 bits per heavy atom. The molecule has 25 heavy (non-hydrogen) atoms. The van der Waals surface area contributed by atoms with Crippen molar-refractivity contribution in [2.75, 3.05) is 20.2 Å². The first-order chi connectivity index (χ1) is 12.0. The molecule has 1 saturated heterocycles. The van der Waals surface area contributed by atoms with E-state index >= 15 is 0 Å². The zero-order chi connectivity index (χ0) is 18.0. The van der Waals surface area contributed by atoms with E-state index in [2.05, 4.69) is 0 Å². The number of amides is 1. The molecular weight excluding hydrogens is 322 g/mol. The third-order valence-electron chi connectivity index (χ3n) is 5.44. The van der Waals surface area contributed by atoms with Gasteiger partial charge >= 0.3 is 0 Å². The Hall–Kier alpha value is -1.92. The number of methoxy groups -OCH3 is 1. The molecule has 0 bridgehead atoms. The molecule has 1 aliphatic carbocycles. The number of carbonyl (C=O) groups excluding carboxylic acids is 2. The summed E-state index contributed by atoms with van der Waals surface area (Å²) < 4.78 is 5.07. The van der Waals surface area contributed by atoms with Crippen molar-refractivity contribution in [2.24, 2.45) is 11.8 Å². The normalized spacial score (nSPS) is 28.5. The number of rotatable bonds is 5. The van der Waals surface area contributed by atoms with Crippen molar-refractivity contribution in [2.45, 2.75) is 37.9 Å². The molecule has 136 valence electrons. The lowest BCUT2D eigenvalue weighted by atomic mass is 9.79. The summed E-state index contributed by atoms with van der Waals surface area (Å²) in [7, 11) is 1.57. The van der Waals surface area contributed by atoms with E-state index in [0.717, 1.165) is 0 Å². The van der Waals surface area contributed by atoms with Crippen LogP contribution in [0.3, 0.4) is 0 Å². The highest BCUT2D eigenvalue weighted by molar-refractivity contribution is 5.98. The summed E-state index contributed by atoms with van der Waals surface area (Å²) in [6.07, 6.45) is 0.0826. The number of hydrogen-bond acceptors (Lipinski definition) is 5. The van der Waals surface area contributed by atoms with Crippen molar-refractivity contribution in [1.29, 1.82) is 0 Å². The van der Waals surface area contributed by atoms with Gasteiger partial charge in [-0.15, -0.1) is 0 Å². The van der Waals surface area contributed by atoms with E-state index in [0.29, 0.717) is 37.2 Å². The van der Waals surface area contributed by atoms with E-state index in [1.165, 1.54) is 0 Å². The fourth-order valence-corrected chi connectivity index (χ4v) is 3.91. The summed E-state index contributed by atoms with van der Waals surface area (Å²) >= 11 is 0. The molecule has 1 saturated carbocycles. The Kier molecular flexibility index (Phi) is 5.39. The Bertz CT molecular complexity index is 611. The minimum atomic E-state index is -0.687. The molecule has 1 aromatic rings. The molecule has 6 nitrogen and oxygen atoms in total. The molecular formula is C19H25NO5. The zero-order valence-electron chi connectivity index (χ0n) is 14.4. The third kappa shape index (κ3) is 4.02. The van der Waals surface area contributed by atoms with Gasteiger partial charge in [0.2, 0.25) is 5.91 Å². The first-order valence-electron chi connectivity index (χ1n) is 8.79. The summed E-state index contributed by atoms with van der Waals surface area (Å²) in [6.45, 7) is 1.23. The number of fused-ring (bicyclic) bond motifs is 1. The highest BCUT2D eigenvalue weighted by Gasteiger charge is 2.42. The van der Waals surface area contributed by atoms with Gasteiger partial charge in [0.25, 0.3) is 0 Å². The number of ketones is 1. The Morgan fingerprint density at radius 1 is 1.04 bits per heavy atom. The molecule has 2 fully saturated rings. The highest BCUT2D eigenvalue weighted by atomic mass is 16.5. The van der Waals surface area contributed by atoms with Crippen LogP contribution in [-0.4, -0.2) is 59.2 Å². The molecule has 0 unspecified atom stereocenters. The van der Waals surface area contributed by atoms with Crippen LogP contribution in [0.15, 0.2) is 24.3 Å². The van der Waals surface area contributed by atoms with Gasteiger partial charge in [-0.1, -0.05) is 0 Å². The summed E-state index contributed by atoms with van der Waals surface area (Å²) in [5.74, 6) is 1.11. The molecule has 4 atom stereocenters. The standard InChI is InChI=1S/C19H25NO5/c1-25-15-4-2-12(3-5-15)16(21)6-7-19(24)20-10-13-8-17(22)18(23)9-14(13)11-20/h2-5,13-14,17-18,22-23H,6-11H2,1H3/t13-,14+,17-,18-/m0/s1. The summed E-state index contributed by atoms with van der Waals surface area (Å²) in [5.41, 5.74) is 0.579. The van der Waals surface area contributed by atoms with Gasteiger partial charge in [-0.2, -0.15) is 0 Å². The van der Waals surface area contributed by atoms with E-state index in [1.807, 2.05) is 0 Å². The monoisotopic (exact) mass is 347 g/mol. The number of likely N-dealkylation sites (tertiary alicyclic amines) is 1. The van der Waals surface area contributed by atoms with Gasteiger partial charge in [0.05, 0.1) is 19.3 Å². The van der Waals surface area contributed by atoms with Crippen molar-refractivity contribution < 1.29 is 24.5 Å². The van der Waals surface area contributed by atoms with E-state index in [4.69, 9.17) is 4.74 Å². The first-order valence-corrected chi connectivity index (χ1v) is 8.79. The van der Waals surface area contributed by atoms with Crippen LogP contribution in [0.25, 0.3) is 0 Å². The molecule has 1 aliphatic heterocycles. The van der Waals surface area contributed by atoms with Gasteiger partial charge in [-0.25, -0.2) is 0 Å². The second-order valence-electron chi connectivity index (χ2n) is 7.08. The van der Waals surface area contributed by atoms with Gasteiger partial charge in [0.1, 0.15) is 5.75 Å². The van der Waals surface area contributed by atoms with E-state index < -0.39 is 12.2 Å². The summed E-state index contributed by atoms with van der Waals surface area (Å²) in [5, 5.41) is 19.6.